The van der Waals surface area contributed by atoms with Crippen LogP contribution in [0.5, 0.6) is 5.75 Å². The maximum Gasteiger partial charge on any atom is 0.259 e. The zero-order chi connectivity index (χ0) is 14.4. The molecule has 0 saturated heterocycles. The summed E-state index contributed by atoms with van der Waals surface area (Å²) in [6, 6.07) is 6.18. The molecule has 20 heavy (non-hydrogen) atoms. The number of rotatable bonds is 5. The first-order valence-electron chi connectivity index (χ1n) is 5.89. The van der Waals surface area contributed by atoms with E-state index in [2.05, 4.69) is 5.32 Å². The second-order valence-corrected chi connectivity index (χ2v) is 4.38. The molecule has 0 fully saturated rings. The van der Waals surface area contributed by atoms with E-state index in [-0.39, 0.29) is 30.8 Å². The summed E-state index contributed by atoms with van der Waals surface area (Å²) in [5, 5.41) is 2.66. The van der Waals surface area contributed by atoms with E-state index in [1.807, 2.05) is 0 Å². The lowest BCUT2D eigenvalue weighted by molar-refractivity contribution is -0.130. The lowest BCUT2D eigenvalue weighted by Crippen LogP contribution is -2.32. The van der Waals surface area contributed by atoms with E-state index < -0.39 is 6.04 Å². The van der Waals surface area contributed by atoms with E-state index in [1.165, 1.54) is 4.90 Å². The van der Waals surface area contributed by atoms with E-state index in [0.29, 0.717) is 11.4 Å². The van der Waals surface area contributed by atoms with Gasteiger partial charge in [-0.3, -0.25) is 9.59 Å². The number of hydrogen-bond donors (Lipinski definition) is 2. The van der Waals surface area contributed by atoms with Crippen LogP contribution in [0.25, 0.3) is 0 Å². The van der Waals surface area contributed by atoms with Crippen LogP contribution in [0.15, 0.2) is 24.3 Å². The molecule has 0 aromatic heterocycles. The summed E-state index contributed by atoms with van der Waals surface area (Å²) in [4.78, 5) is 24.2. The van der Waals surface area contributed by atoms with Crippen LogP contribution >= 0.6 is 12.4 Å². The fourth-order valence-electron chi connectivity index (χ4n) is 1.16. The molecule has 1 rings (SSSR count). The molecule has 0 radical (unpaired) electrons. The van der Waals surface area contributed by atoms with Crippen LogP contribution in [0.3, 0.4) is 0 Å². The standard InChI is InChI=1S/C13H19N3O3.ClH/c1-9(14)13(18)15-10-4-6-11(7-5-10)19-8-12(17)16(2)3;/h4-7,9H,8,14H2,1-3H3,(H,15,18);1H/t9-;/m0./s1. The number of amides is 2. The molecule has 0 spiro atoms. The van der Waals surface area contributed by atoms with Crippen molar-refractivity contribution in [2.75, 3.05) is 26.0 Å². The number of likely N-dealkylation sites (N-methyl/N-ethyl adjacent to an activating group) is 1. The molecule has 112 valence electrons. The van der Waals surface area contributed by atoms with E-state index in [4.69, 9.17) is 10.5 Å². The monoisotopic (exact) mass is 301 g/mol. The highest BCUT2D eigenvalue weighted by Crippen LogP contribution is 2.15. The molecule has 0 saturated carbocycles. The van der Waals surface area contributed by atoms with E-state index >= 15 is 0 Å². The van der Waals surface area contributed by atoms with Gasteiger partial charge in [0.25, 0.3) is 5.91 Å². The van der Waals surface area contributed by atoms with Crippen molar-refractivity contribution >= 4 is 29.9 Å². The Morgan fingerprint density at radius 1 is 1.30 bits per heavy atom. The number of halogens is 1. The van der Waals surface area contributed by atoms with Gasteiger partial charge in [0.2, 0.25) is 5.91 Å². The maximum absolute atomic E-state index is 11.4. The molecule has 0 aliphatic heterocycles. The van der Waals surface area contributed by atoms with Gasteiger partial charge in [0.05, 0.1) is 6.04 Å². The van der Waals surface area contributed by atoms with Gasteiger partial charge >= 0.3 is 0 Å². The van der Waals surface area contributed by atoms with Gasteiger partial charge in [0, 0.05) is 19.8 Å². The minimum absolute atomic E-state index is 0. The van der Waals surface area contributed by atoms with E-state index in [1.54, 1.807) is 45.3 Å². The van der Waals surface area contributed by atoms with Crippen LogP contribution in [0.1, 0.15) is 6.92 Å². The molecular weight excluding hydrogens is 282 g/mol. The van der Waals surface area contributed by atoms with Gasteiger partial charge in [0.1, 0.15) is 5.75 Å². The van der Waals surface area contributed by atoms with Crippen LogP contribution in [-0.2, 0) is 9.59 Å². The number of nitrogens with two attached hydrogens (primary N) is 1. The highest BCUT2D eigenvalue weighted by molar-refractivity contribution is 5.94. The van der Waals surface area contributed by atoms with Gasteiger partial charge in [-0.05, 0) is 31.2 Å². The molecule has 3 N–H and O–H groups in total. The first kappa shape index (κ1) is 18.2. The van der Waals surface area contributed by atoms with Crippen LogP contribution in [0.4, 0.5) is 5.69 Å². The molecule has 7 heteroatoms. The fraction of sp³-hybridized carbons (Fsp3) is 0.385. The number of benzene rings is 1. The van der Waals surface area contributed by atoms with Crippen molar-refractivity contribution in [1.29, 1.82) is 0 Å². The molecule has 1 aromatic carbocycles. The Bertz CT molecular complexity index is 447. The summed E-state index contributed by atoms with van der Waals surface area (Å²) < 4.78 is 5.31. The third-order valence-corrected chi connectivity index (χ3v) is 2.40. The number of carbonyl (C=O) groups is 2. The third-order valence-electron chi connectivity index (χ3n) is 2.40. The first-order valence-corrected chi connectivity index (χ1v) is 5.89. The minimum atomic E-state index is -0.561. The Labute approximate surface area is 124 Å². The lowest BCUT2D eigenvalue weighted by atomic mass is 10.2. The quantitative estimate of drug-likeness (QED) is 0.845. The summed E-state index contributed by atoms with van der Waals surface area (Å²) in [6.07, 6.45) is 0. The molecule has 2 amide bonds. The Morgan fingerprint density at radius 2 is 1.85 bits per heavy atom. The summed E-state index contributed by atoms with van der Waals surface area (Å²) in [6.45, 7) is 1.60. The van der Waals surface area contributed by atoms with Gasteiger partial charge in [-0.1, -0.05) is 0 Å². The zero-order valence-corrected chi connectivity index (χ0v) is 12.6. The molecule has 0 aliphatic rings. The number of anilines is 1. The average Bonchev–Trinajstić information content (AvgIpc) is 2.37. The molecule has 0 bridgehead atoms. The predicted molar refractivity (Wildman–Crippen MR) is 80.2 cm³/mol. The molecule has 1 atom stereocenters. The molecule has 0 heterocycles. The molecule has 6 nitrogen and oxygen atoms in total. The molecule has 1 aromatic rings. The number of carbonyl (C=O) groups excluding carboxylic acids is 2. The van der Waals surface area contributed by atoms with Gasteiger partial charge in [0.15, 0.2) is 6.61 Å². The second-order valence-electron chi connectivity index (χ2n) is 4.38. The highest BCUT2D eigenvalue weighted by atomic mass is 35.5. The Hall–Kier alpha value is -1.79. The van der Waals surface area contributed by atoms with Crippen LogP contribution in [0.2, 0.25) is 0 Å². The number of nitrogens with one attached hydrogen (secondary N) is 1. The average molecular weight is 302 g/mol. The normalized spacial score (nSPS) is 11.0. The van der Waals surface area contributed by atoms with Gasteiger partial charge in [-0.15, -0.1) is 12.4 Å². The third kappa shape index (κ3) is 5.90. The summed E-state index contributed by atoms with van der Waals surface area (Å²) in [5.74, 6) is 0.194. The summed E-state index contributed by atoms with van der Waals surface area (Å²) in [7, 11) is 3.33. The summed E-state index contributed by atoms with van der Waals surface area (Å²) >= 11 is 0. The number of ether oxygens (including phenoxy) is 1. The molecular formula is C13H20ClN3O3. The summed E-state index contributed by atoms with van der Waals surface area (Å²) in [5.41, 5.74) is 6.08. The predicted octanol–water partition coefficient (Wildman–Crippen LogP) is 0.861. The SMILES string of the molecule is C[C@H](N)C(=O)Nc1ccc(OCC(=O)N(C)C)cc1.Cl. The molecule has 0 aliphatic carbocycles. The maximum atomic E-state index is 11.4. The van der Waals surface area contributed by atoms with E-state index in [0.717, 1.165) is 0 Å². The van der Waals surface area contributed by atoms with Crippen molar-refractivity contribution in [3.8, 4) is 5.75 Å². The fourth-order valence-corrected chi connectivity index (χ4v) is 1.16. The Kier molecular flexibility index (Phi) is 7.64. The lowest BCUT2D eigenvalue weighted by Gasteiger charge is -2.12. The van der Waals surface area contributed by atoms with Crippen molar-refractivity contribution in [2.24, 2.45) is 5.73 Å². The Morgan fingerprint density at radius 3 is 2.30 bits per heavy atom. The van der Waals surface area contributed by atoms with Gasteiger partial charge in [-0.2, -0.15) is 0 Å². The minimum Gasteiger partial charge on any atom is -0.484 e. The van der Waals surface area contributed by atoms with E-state index in [9.17, 15) is 9.59 Å². The van der Waals surface area contributed by atoms with Crippen molar-refractivity contribution < 1.29 is 14.3 Å². The van der Waals surface area contributed by atoms with Crippen molar-refractivity contribution in [2.45, 2.75) is 13.0 Å². The van der Waals surface area contributed by atoms with Crippen molar-refractivity contribution in [3.63, 3.8) is 0 Å². The van der Waals surface area contributed by atoms with Crippen molar-refractivity contribution in [3.05, 3.63) is 24.3 Å². The topological polar surface area (TPSA) is 84.7 Å². The zero-order valence-electron chi connectivity index (χ0n) is 11.8. The van der Waals surface area contributed by atoms with Crippen LogP contribution < -0.4 is 15.8 Å². The number of hydrogen-bond acceptors (Lipinski definition) is 4. The Balaban J connectivity index is 0.00000361. The smallest absolute Gasteiger partial charge is 0.259 e. The van der Waals surface area contributed by atoms with Gasteiger partial charge < -0.3 is 20.7 Å². The van der Waals surface area contributed by atoms with Gasteiger partial charge in [-0.25, -0.2) is 0 Å². The second kappa shape index (κ2) is 8.39. The van der Waals surface area contributed by atoms with Crippen molar-refractivity contribution in [1.82, 2.24) is 4.90 Å². The molecule has 0 unspecified atom stereocenters. The van der Waals surface area contributed by atoms with Crippen LogP contribution in [-0.4, -0.2) is 43.5 Å². The largest absolute Gasteiger partial charge is 0.484 e. The first-order chi connectivity index (χ1) is 8.90. The van der Waals surface area contributed by atoms with Crippen LogP contribution in [0, 0.1) is 0 Å². The number of nitrogens with zero attached hydrogens (tertiary/aromatic N) is 1. The highest BCUT2D eigenvalue weighted by Gasteiger charge is 2.08.